The first-order valence-electron chi connectivity index (χ1n) is 7.19. The van der Waals surface area contributed by atoms with Crippen LogP contribution in [-0.4, -0.2) is 15.0 Å². The maximum absolute atomic E-state index is 4.33. The summed E-state index contributed by atoms with van der Waals surface area (Å²) in [6.45, 7) is 11.5. The number of hydrogen-bond donors (Lipinski definition) is 0. The van der Waals surface area contributed by atoms with Gasteiger partial charge in [0.1, 0.15) is 5.52 Å². The van der Waals surface area contributed by atoms with Crippen molar-refractivity contribution in [2.24, 2.45) is 11.3 Å². The Bertz CT molecular complexity index is 540. The van der Waals surface area contributed by atoms with Crippen molar-refractivity contribution in [2.75, 3.05) is 0 Å². The highest BCUT2D eigenvalue weighted by Gasteiger charge is 2.24. The second-order valence-electron chi connectivity index (χ2n) is 6.84. The Morgan fingerprint density at radius 3 is 2.47 bits per heavy atom. The van der Waals surface area contributed by atoms with E-state index in [0.29, 0.717) is 11.5 Å². The number of para-hydroxylation sites is 1. The van der Waals surface area contributed by atoms with Gasteiger partial charge in [-0.05, 0) is 43.2 Å². The zero-order valence-corrected chi connectivity index (χ0v) is 12.7. The first-order valence-corrected chi connectivity index (χ1v) is 7.19. The van der Waals surface area contributed by atoms with Crippen molar-refractivity contribution in [1.82, 2.24) is 15.0 Å². The Morgan fingerprint density at radius 2 is 1.79 bits per heavy atom. The summed E-state index contributed by atoms with van der Waals surface area (Å²) in [6.07, 6.45) is 2.36. The first-order chi connectivity index (χ1) is 8.89. The molecular weight excluding hydrogens is 234 g/mol. The summed E-state index contributed by atoms with van der Waals surface area (Å²) in [5, 5.41) is 8.57. The van der Waals surface area contributed by atoms with Crippen LogP contribution in [-0.2, 0) is 0 Å². The number of benzene rings is 1. The van der Waals surface area contributed by atoms with E-state index in [1.165, 1.54) is 6.42 Å². The molecule has 0 radical (unpaired) electrons. The third-order valence-corrected chi connectivity index (χ3v) is 3.60. The van der Waals surface area contributed by atoms with Crippen LogP contribution in [0, 0.1) is 11.3 Å². The van der Waals surface area contributed by atoms with Gasteiger partial charge in [-0.2, -0.15) is 0 Å². The maximum atomic E-state index is 4.33. The summed E-state index contributed by atoms with van der Waals surface area (Å²) in [5.41, 5.74) is 2.45. The Morgan fingerprint density at radius 1 is 1.11 bits per heavy atom. The number of hydrogen-bond acceptors (Lipinski definition) is 2. The van der Waals surface area contributed by atoms with E-state index < -0.39 is 0 Å². The monoisotopic (exact) mass is 259 g/mol. The van der Waals surface area contributed by atoms with Crippen LogP contribution >= 0.6 is 0 Å². The summed E-state index contributed by atoms with van der Waals surface area (Å²) < 4.78 is 2.07. The van der Waals surface area contributed by atoms with Crippen molar-refractivity contribution in [3.05, 3.63) is 24.3 Å². The van der Waals surface area contributed by atoms with Crippen LogP contribution in [0.1, 0.15) is 53.5 Å². The lowest BCUT2D eigenvalue weighted by atomic mass is 9.79. The van der Waals surface area contributed by atoms with Gasteiger partial charge in [-0.25, -0.2) is 4.68 Å². The standard InChI is InChI=1S/C16H25N3/c1-12(2)10-16(4,5)11-13(3)19-15-9-7-6-8-14(15)17-18-19/h6-9,12-13H,10-11H2,1-5H3. The molecule has 0 aliphatic carbocycles. The molecule has 1 unspecified atom stereocenters. The predicted octanol–water partition coefficient (Wildman–Crippen LogP) is 4.45. The van der Waals surface area contributed by atoms with Crippen LogP contribution in [0.2, 0.25) is 0 Å². The van der Waals surface area contributed by atoms with Gasteiger partial charge in [0.15, 0.2) is 0 Å². The van der Waals surface area contributed by atoms with E-state index in [-0.39, 0.29) is 0 Å². The molecule has 0 aliphatic rings. The van der Waals surface area contributed by atoms with E-state index in [2.05, 4.69) is 55.7 Å². The van der Waals surface area contributed by atoms with E-state index in [1.807, 2.05) is 18.2 Å². The molecule has 0 bridgehead atoms. The van der Waals surface area contributed by atoms with Crippen molar-refractivity contribution in [1.29, 1.82) is 0 Å². The van der Waals surface area contributed by atoms with Gasteiger partial charge in [0.2, 0.25) is 0 Å². The zero-order chi connectivity index (χ0) is 14.0. The van der Waals surface area contributed by atoms with Gasteiger partial charge in [-0.3, -0.25) is 0 Å². The summed E-state index contributed by atoms with van der Waals surface area (Å²) in [6, 6.07) is 8.55. The lowest BCUT2D eigenvalue weighted by Crippen LogP contribution is -2.20. The quantitative estimate of drug-likeness (QED) is 0.794. The highest BCUT2D eigenvalue weighted by Crippen LogP contribution is 2.34. The molecule has 0 amide bonds. The highest BCUT2D eigenvalue weighted by molar-refractivity contribution is 5.73. The van der Waals surface area contributed by atoms with E-state index in [1.54, 1.807) is 0 Å². The second-order valence-corrected chi connectivity index (χ2v) is 6.84. The minimum atomic E-state index is 0.334. The fraction of sp³-hybridized carbons (Fsp3) is 0.625. The molecule has 3 heteroatoms. The Kier molecular flexibility index (Phi) is 3.93. The Labute approximate surface area is 116 Å². The molecule has 0 fully saturated rings. The molecule has 104 valence electrons. The van der Waals surface area contributed by atoms with Crippen molar-refractivity contribution in [3.63, 3.8) is 0 Å². The molecule has 0 saturated carbocycles. The molecule has 0 aliphatic heterocycles. The number of nitrogens with zero attached hydrogens (tertiary/aromatic N) is 3. The molecule has 1 aromatic carbocycles. The lowest BCUT2D eigenvalue weighted by molar-refractivity contribution is 0.222. The third kappa shape index (κ3) is 3.34. The Balaban J connectivity index is 2.18. The third-order valence-electron chi connectivity index (χ3n) is 3.60. The van der Waals surface area contributed by atoms with E-state index >= 15 is 0 Å². The van der Waals surface area contributed by atoms with Gasteiger partial charge in [0.05, 0.1) is 11.6 Å². The minimum Gasteiger partial charge on any atom is -0.242 e. The smallest absolute Gasteiger partial charge is 0.113 e. The van der Waals surface area contributed by atoms with E-state index in [0.717, 1.165) is 23.4 Å². The molecule has 1 atom stereocenters. The first kappa shape index (κ1) is 14.0. The van der Waals surface area contributed by atoms with E-state index in [4.69, 9.17) is 0 Å². The fourth-order valence-corrected chi connectivity index (χ4v) is 3.29. The van der Waals surface area contributed by atoms with E-state index in [9.17, 15) is 0 Å². The molecule has 0 saturated heterocycles. The molecule has 3 nitrogen and oxygen atoms in total. The SMILES string of the molecule is CC(C)CC(C)(C)CC(C)n1nnc2ccccc21. The normalized spacial score (nSPS) is 14.2. The largest absolute Gasteiger partial charge is 0.242 e. The van der Waals surface area contributed by atoms with Gasteiger partial charge in [-0.15, -0.1) is 5.10 Å². The van der Waals surface area contributed by atoms with Crippen LogP contribution in [0.5, 0.6) is 0 Å². The molecular formula is C16H25N3. The van der Waals surface area contributed by atoms with Crippen LogP contribution < -0.4 is 0 Å². The van der Waals surface area contributed by atoms with Crippen molar-refractivity contribution < 1.29 is 0 Å². The maximum Gasteiger partial charge on any atom is 0.113 e. The number of fused-ring (bicyclic) bond motifs is 1. The second kappa shape index (κ2) is 5.32. The summed E-state index contributed by atoms with van der Waals surface area (Å²) >= 11 is 0. The van der Waals surface area contributed by atoms with Gasteiger partial charge < -0.3 is 0 Å². The lowest BCUT2D eigenvalue weighted by Gasteiger charge is -2.29. The summed E-state index contributed by atoms with van der Waals surface area (Å²) in [7, 11) is 0. The van der Waals surface area contributed by atoms with Crippen molar-refractivity contribution in [3.8, 4) is 0 Å². The Hall–Kier alpha value is -1.38. The zero-order valence-electron chi connectivity index (χ0n) is 12.7. The van der Waals surface area contributed by atoms with Crippen LogP contribution in [0.3, 0.4) is 0 Å². The average molecular weight is 259 g/mol. The number of rotatable bonds is 5. The molecule has 2 aromatic rings. The van der Waals surface area contributed by atoms with Crippen molar-refractivity contribution in [2.45, 2.75) is 53.5 Å². The van der Waals surface area contributed by atoms with Gasteiger partial charge >= 0.3 is 0 Å². The van der Waals surface area contributed by atoms with Gasteiger partial charge in [0, 0.05) is 0 Å². The molecule has 2 rings (SSSR count). The van der Waals surface area contributed by atoms with Crippen molar-refractivity contribution >= 4 is 11.0 Å². The summed E-state index contributed by atoms with van der Waals surface area (Å²) in [4.78, 5) is 0. The molecule has 0 spiro atoms. The highest BCUT2D eigenvalue weighted by atomic mass is 15.4. The minimum absolute atomic E-state index is 0.334. The fourth-order valence-electron chi connectivity index (χ4n) is 3.29. The molecule has 1 aromatic heterocycles. The molecule has 19 heavy (non-hydrogen) atoms. The molecule has 0 N–H and O–H groups in total. The van der Waals surface area contributed by atoms with Gasteiger partial charge in [-0.1, -0.05) is 45.0 Å². The molecule has 1 heterocycles. The predicted molar refractivity (Wildman–Crippen MR) is 80.1 cm³/mol. The van der Waals surface area contributed by atoms with Crippen LogP contribution in [0.25, 0.3) is 11.0 Å². The summed E-state index contributed by atoms with van der Waals surface area (Å²) in [5.74, 6) is 0.731. The average Bonchev–Trinajstić information content (AvgIpc) is 2.69. The number of aromatic nitrogens is 3. The van der Waals surface area contributed by atoms with Gasteiger partial charge in [0.25, 0.3) is 0 Å². The van der Waals surface area contributed by atoms with Crippen LogP contribution in [0.4, 0.5) is 0 Å². The topological polar surface area (TPSA) is 30.7 Å². The van der Waals surface area contributed by atoms with Crippen LogP contribution in [0.15, 0.2) is 24.3 Å².